The Morgan fingerprint density at radius 3 is 2.27 bits per heavy atom. The van der Waals surface area contributed by atoms with Gasteiger partial charge in [-0.25, -0.2) is 8.78 Å². The van der Waals surface area contributed by atoms with Gasteiger partial charge in [0.1, 0.15) is 11.6 Å². The largest absolute Gasteiger partial charge is 0.352 e. The van der Waals surface area contributed by atoms with Gasteiger partial charge in [0.2, 0.25) is 5.91 Å². The number of benzene rings is 2. The first kappa shape index (κ1) is 19.7. The van der Waals surface area contributed by atoms with Gasteiger partial charge in [-0.2, -0.15) is 0 Å². The van der Waals surface area contributed by atoms with E-state index in [4.69, 9.17) is 0 Å². The number of aromatic nitrogens is 1. The minimum Gasteiger partial charge on any atom is -0.352 e. The molecular weight excluding hydrogens is 388 g/mol. The van der Waals surface area contributed by atoms with E-state index in [0.29, 0.717) is 11.3 Å². The summed E-state index contributed by atoms with van der Waals surface area (Å²) in [5, 5.41) is 2.81. The molecule has 0 spiro atoms. The predicted molar refractivity (Wildman–Crippen MR) is 106 cm³/mol. The lowest BCUT2D eigenvalue weighted by Crippen LogP contribution is -2.32. The van der Waals surface area contributed by atoms with Crippen LogP contribution in [0.4, 0.5) is 8.78 Å². The maximum atomic E-state index is 13.2. The number of nitrogens with one attached hydrogen (secondary N) is 1. The molecule has 4 rings (SSSR count). The average molecular weight is 407 g/mol. The molecule has 1 aromatic heterocycles. The first-order valence-corrected chi connectivity index (χ1v) is 9.53. The van der Waals surface area contributed by atoms with Gasteiger partial charge in [-0.1, -0.05) is 24.3 Å². The van der Waals surface area contributed by atoms with Crippen LogP contribution in [0.15, 0.2) is 66.9 Å². The topological polar surface area (TPSA) is 62.3 Å². The molecule has 0 aliphatic carbocycles. The first-order chi connectivity index (χ1) is 14.5. The zero-order chi connectivity index (χ0) is 21.1. The highest BCUT2D eigenvalue weighted by atomic mass is 19.1. The van der Waals surface area contributed by atoms with Gasteiger partial charge in [-0.05, 0) is 47.5 Å². The summed E-state index contributed by atoms with van der Waals surface area (Å²) in [6.07, 6.45) is 1.63. The third-order valence-corrected chi connectivity index (χ3v) is 5.07. The maximum Gasteiger partial charge on any atom is 0.256 e. The van der Waals surface area contributed by atoms with Crippen molar-refractivity contribution in [2.75, 3.05) is 0 Å². The summed E-state index contributed by atoms with van der Waals surface area (Å²) in [6, 6.07) is 14.6. The van der Waals surface area contributed by atoms with Crippen LogP contribution in [0.25, 0.3) is 0 Å². The van der Waals surface area contributed by atoms with E-state index in [2.05, 4.69) is 10.3 Å². The Balaban J connectivity index is 1.50. The molecule has 0 bridgehead atoms. The molecule has 2 amide bonds. The fourth-order valence-electron chi connectivity index (χ4n) is 3.53. The van der Waals surface area contributed by atoms with Gasteiger partial charge >= 0.3 is 0 Å². The van der Waals surface area contributed by atoms with Crippen molar-refractivity contribution in [1.82, 2.24) is 15.2 Å². The normalized spacial score (nSPS) is 15.2. The Hall–Kier alpha value is -3.61. The number of pyridine rings is 1. The quantitative estimate of drug-likeness (QED) is 0.677. The zero-order valence-electron chi connectivity index (χ0n) is 16.0. The van der Waals surface area contributed by atoms with Gasteiger partial charge < -0.3 is 10.2 Å². The second-order valence-electron chi connectivity index (χ2n) is 7.12. The molecule has 1 atom stereocenters. The number of hydrogen-bond donors (Lipinski definition) is 1. The first-order valence-electron chi connectivity index (χ1n) is 9.53. The molecule has 152 valence electrons. The van der Waals surface area contributed by atoms with E-state index in [1.54, 1.807) is 47.5 Å². The summed E-state index contributed by atoms with van der Waals surface area (Å²) in [6.45, 7) is 0.498. The van der Waals surface area contributed by atoms with Gasteiger partial charge in [0.15, 0.2) is 0 Å². The molecule has 3 aromatic rings. The van der Waals surface area contributed by atoms with E-state index in [1.807, 2.05) is 0 Å². The zero-order valence-corrected chi connectivity index (χ0v) is 16.0. The summed E-state index contributed by atoms with van der Waals surface area (Å²) in [4.78, 5) is 31.4. The molecule has 1 aliphatic rings. The second-order valence-corrected chi connectivity index (χ2v) is 7.12. The van der Waals surface area contributed by atoms with Crippen LogP contribution < -0.4 is 5.32 Å². The van der Waals surface area contributed by atoms with Crippen LogP contribution in [0.3, 0.4) is 0 Å². The molecule has 30 heavy (non-hydrogen) atoms. The molecule has 5 nitrogen and oxygen atoms in total. The minimum atomic E-state index is -0.521. The molecular formula is C23H19F2N3O2. The SMILES string of the molecule is O=C(C[C@@H]1c2ncccc2C(=O)N1Cc1ccc(F)cc1)NCc1ccc(F)cc1. The van der Waals surface area contributed by atoms with Gasteiger partial charge in [-0.15, -0.1) is 0 Å². The summed E-state index contributed by atoms with van der Waals surface area (Å²) >= 11 is 0. The summed E-state index contributed by atoms with van der Waals surface area (Å²) in [5.74, 6) is -1.15. The maximum absolute atomic E-state index is 13.2. The minimum absolute atomic E-state index is 0.0398. The van der Waals surface area contributed by atoms with Crippen molar-refractivity contribution in [3.05, 3.63) is 101 Å². The van der Waals surface area contributed by atoms with Gasteiger partial charge in [0.05, 0.1) is 23.7 Å². The Labute approximate surface area is 172 Å². The summed E-state index contributed by atoms with van der Waals surface area (Å²) < 4.78 is 26.2. The highest BCUT2D eigenvalue weighted by molar-refractivity contribution is 5.99. The predicted octanol–water partition coefficient (Wildman–Crippen LogP) is 3.76. The Morgan fingerprint density at radius 1 is 0.967 bits per heavy atom. The standard InChI is InChI=1S/C23H19F2N3O2/c24-17-7-3-15(4-8-17)13-27-21(29)12-20-22-19(2-1-11-26-22)23(30)28(20)14-16-5-9-18(25)10-6-16/h1-11,20H,12-14H2,(H,27,29)/t20-/m1/s1. The van der Waals surface area contributed by atoms with Crippen LogP contribution in [-0.4, -0.2) is 21.7 Å². The molecule has 2 heterocycles. The van der Waals surface area contributed by atoms with Crippen LogP contribution in [-0.2, 0) is 17.9 Å². The summed E-state index contributed by atoms with van der Waals surface area (Å²) in [5.41, 5.74) is 2.56. The number of hydrogen-bond acceptors (Lipinski definition) is 3. The third-order valence-electron chi connectivity index (χ3n) is 5.07. The van der Waals surface area contributed by atoms with E-state index in [0.717, 1.165) is 11.1 Å². The summed E-state index contributed by atoms with van der Waals surface area (Å²) in [7, 11) is 0. The van der Waals surface area contributed by atoms with Gasteiger partial charge in [-0.3, -0.25) is 14.6 Å². The van der Waals surface area contributed by atoms with Crippen molar-refractivity contribution in [3.63, 3.8) is 0 Å². The molecule has 2 aromatic carbocycles. The lowest BCUT2D eigenvalue weighted by atomic mass is 10.1. The van der Waals surface area contributed by atoms with Crippen LogP contribution in [0, 0.1) is 11.6 Å². The fourth-order valence-corrected chi connectivity index (χ4v) is 3.53. The third kappa shape index (κ3) is 4.20. The molecule has 1 N–H and O–H groups in total. The lowest BCUT2D eigenvalue weighted by Gasteiger charge is -2.24. The molecule has 0 saturated heterocycles. The van der Waals surface area contributed by atoms with Crippen molar-refractivity contribution in [2.45, 2.75) is 25.6 Å². The average Bonchev–Trinajstić information content (AvgIpc) is 3.01. The van der Waals surface area contributed by atoms with E-state index < -0.39 is 6.04 Å². The number of halogens is 2. The number of rotatable bonds is 6. The van der Waals surface area contributed by atoms with Crippen LogP contribution in [0.2, 0.25) is 0 Å². The number of nitrogens with zero attached hydrogens (tertiary/aromatic N) is 2. The van der Waals surface area contributed by atoms with Crippen molar-refractivity contribution in [1.29, 1.82) is 0 Å². The monoisotopic (exact) mass is 407 g/mol. The number of fused-ring (bicyclic) bond motifs is 1. The lowest BCUT2D eigenvalue weighted by molar-refractivity contribution is -0.122. The van der Waals surface area contributed by atoms with E-state index in [9.17, 15) is 18.4 Å². The number of carbonyl (C=O) groups excluding carboxylic acids is 2. The van der Waals surface area contributed by atoms with E-state index in [-0.39, 0.29) is 43.0 Å². The van der Waals surface area contributed by atoms with E-state index in [1.165, 1.54) is 24.3 Å². The fraction of sp³-hybridized carbons (Fsp3) is 0.174. The molecule has 0 fully saturated rings. The highest BCUT2D eigenvalue weighted by Gasteiger charge is 2.38. The van der Waals surface area contributed by atoms with Gasteiger partial charge in [0, 0.05) is 19.3 Å². The van der Waals surface area contributed by atoms with E-state index >= 15 is 0 Å². The molecule has 1 aliphatic heterocycles. The van der Waals surface area contributed by atoms with Crippen LogP contribution in [0.1, 0.15) is 39.6 Å². The molecule has 7 heteroatoms. The number of amides is 2. The van der Waals surface area contributed by atoms with Crippen molar-refractivity contribution in [2.24, 2.45) is 0 Å². The van der Waals surface area contributed by atoms with Gasteiger partial charge in [0.25, 0.3) is 5.91 Å². The molecule has 0 radical (unpaired) electrons. The molecule has 0 unspecified atom stereocenters. The van der Waals surface area contributed by atoms with Crippen molar-refractivity contribution >= 4 is 11.8 Å². The number of carbonyl (C=O) groups is 2. The Kier molecular flexibility index (Phi) is 5.52. The Morgan fingerprint density at radius 2 is 1.60 bits per heavy atom. The van der Waals surface area contributed by atoms with Crippen molar-refractivity contribution in [3.8, 4) is 0 Å². The van der Waals surface area contributed by atoms with Crippen LogP contribution in [0.5, 0.6) is 0 Å². The Bertz CT molecular complexity index is 1070. The smallest absolute Gasteiger partial charge is 0.256 e. The van der Waals surface area contributed by atoms with Crippen molar-refractivity contribution < 1.29 is 18.4 Å². The van der Waals surface area contributed by atoms with Crippen LogP contribution >= 0.6 is 0 Å². The second kappa shape index (κ2) is 8.41. The highest BCUT2D eigenvalue weighted by Crippen LogP contribution is 2.35. The molecule has 0 saturated carbocycles.